The van der Waals surface area contributed by atoms with E-state index in [4.69, 9.17) is 21.1 Å². The number of anilines is 1. The minimum Gasteiger partial charge on any atom is -0.478 e. The molecule has 3 aromatic carbocycles. The van der Waals surface area contributed by atoms with Gasteiger partial charge >= 0.3 is 17.9 Å². The van der Waals surface area contributed by atoms with Crippen molar-refractivity contribution in [3.05, 3.63) is 100 Å². The fourth-order valence-electron chi connectivity index (χ4n) is 2.99. The van der Waals surface area contributed by atoms with Crippen LogP contribution in [-0.2, 0) is 19.1 Å². The number of carboxylic acid groups (broad SMARTS) is 1. The molecular formula is C26H22ClNO7. The van der Waals surface area contributed by atoms with Crippen molar-refractivity contribution >= 4 is 41.1 Å². The quantitative estimate of drug-likeness (QED) is 0.443. The van der Waals surface area contributed by atoms with Crippen molar-refractivity contribution in [2.45, 2.75) is 26.1 Å². The molecule has 3 aromatic rings. The average molecular weight is 496 g/mol. The van der Waals surface area contributed by atoms with E-state index in [-0.39, 0.29) is 16.8 Å². The molecule has 8 nitrogen and oxygen atoms in total. The largest absolute Gasteiger partial charge is 0.478 e. The summed E-state index contributed by atoms with van der Waals surface area (Å²) in [6.07, 6.45) is -4.11. The number of benzene rings is 3. The number of rotatable bonds is 8. The molecule has 0 fully saturated rings. The van der Waals surface area contributed by atoms with Crippen molar-refractivity contribution in [1.29, 1.82) is 0 Å². The molecule has 2 N–H and O–H groups in total. The van der Waals surface area contributed by atoms with Gasteiger partial charge in [-0.1, -0.05) is 47.0 Å². The summed E-state index contributed by atoms with van der Waals surface area (Å²) in [5.74, 6) is -4.62. The minimum absolute atomic E-state index is 0.0728. The average Bonchev–Trinajstić information content (AvgIpc) is 2.83. The van der Waals surface area contributed by atoms with Crippen molar-refractivity contribution in [1.82, 2.24) is 0 Å². The molecule has 0 aliphatic carbocycles. The molecule has 0 saturated carbocycles. The van der Waals surface area contributed by atoms with Crippen LogP contribution in [0.2, 0.25) is 5.02 Å². The number of aryl methyl sites for hydroxylation is 2. The zero-order chi connectivity index (χ0) is 25.5. The summed E-state index contributed by atoms with van der Waals surface area (Å²) in [5, 5.41) is 12.7. The number of amides is 1. The van der Waals surface area contributed by atoms with E-state index in [0.29, 0.717) is 5.02 Å². The van der Waals surface area contributed by atoms with Crippen LogP contribution in [0.5, 0.6) is 0 Å². The van der Waals surface area contributed by atoms with Crippen LogP contribution >= 0.6 is 11.6 Å². The molecule has 1 amide bonds. The molecule has 2 atom stereocenters. The molecule has 0 unspecified atom stereocenters. The molecule has 0 aromatic heterocycles. The number of ether oxygens (including phenoxy) is 2. The molecule has 9 heteroatoms. The van der Waals surface area contributed by atoms with E-state index in [1.807, 2.05) is 13.8 Å². The first-order chi connectivity index (χ1) is 16.6. The van der Waals surface area contributed by atoms with Crippen molar-refractivity contribution in [2.24, 2.45) is 0 Å². The standard InChI is InChI=1S/C26H22ClNO7/c1-15-3-7-17(8-4-15)25(32)34-21(23(29)28-20-13-11-19(27)12-14-20)22(24(30)31)35-26(33)18-9-5-16(2)6-10-18/h3-14,21-22H,1-2H3,(H,28,29)(H,30,31)/t21-,22-/m1/s1. The lowest BCUT2D eigenvalue weighted by Gasteiger charge is -2.23. The predicted octanol–water partition coefficient (Wildman–Crippen LogP) is 4.43. The normalized spacial score (nSPS) is 12.2. The number of carbonyl (C=O) groups is 4. The van der Waals surface area contributed by atoms with Crippen LogP contribution in [0.25, 0.3) is 0 Å². The fraction of sp³-hybridized carbons (Fsp3) is 0.154. The molecule has 0 bridgehead atoms. The van der Waals surface area contributed by atoms with Crippen LogP contribution in [-0.4, -0.2) is 41.1 Å². The first-order valence-corrected chi connectivity index (χ1v) is 10.9. The molecule has 180 valence electrons. The highest BCUT2D eigenvalue weighted by Crippen LogP contribution is 2.18. The van der Waals surface area contributed by atoms with Gasteiger partial charge in [-0.15, -0.1) is 0 Å². The third-order valence-corrected chi connectivity index (χ3v) is 5.18. The third kappa shape index (κ3) is 6.91. The van der Waals surface area contributed by atoms with E-state index in [9.17, 15) is 24.3 Å². The van der Waals surface area contributed by atoms with Crippen molar-refractivity contribution in [3.63, 3.8) is 0 Å². The Morgan fingerprint density at radius 1 is 0.714 bits per heavy atom. The first-order valence-electron chi connectivity index (χ1n) is 10.5. The lowest BCUT2D eigenvalue weighted by molar-refractivity contribution is -0.157. The summed E-state index contributed by atoms with van der Waals surface area (Å²) in [6, 6.07) is 18.4. The van der Waals surface area contributed by atoms with E-state index in [2.05, 4.69) is 5.32 Å². The van der Waals surface area contributed by atoms with Gasteiger partial charge in [0.05, 0.1) is 11.1 Å². The lowest BCUT2D eigenvalue weighted by Crippen LogP contribution is -2.48. The number of hydrogen-bond donors (Lipinski definition) is 2. The van der Waals surface area contributed by atoms with E-state index in [1.165, 1.54) is 48.5 Å². The Bertz CT molecular complexity index is 1220. The molecule has 0 saturated heterocycles. The van der Waals surface area contributed by atoms with Gasteiger partial charge in [-0.2, -0.15) is 0 Å². The van der Waals surface area contributed by atoms with E-state index >= 15 is 0 Å². The summed E-state index contributed by atoms with van der Waals surface area (Å²) >= 11 is 5.86. The maximum atomic E-state index is 13.1. The number of halogens is 1. The number of esters is 2. The Kier molecular flexibility index (Phi) is 8.22. The van der Waals surface area contributed by atoms with Crippen LogP contribution < -0.4 is 5.32 Å². The third-order valence-electron chi connectivity index (χ3n) is 4.93. The Morgan fingerprint density at radius 2 is 1.14 bits per heavy atom. The molecule has 0 spiro atoms. The fourth-order valence-corrected chi connectivity index (χ4v) is 3.11. The molecule has 35 heavy (non-hydrogen) atoms. The summed E-state index contributed by atoms with van der Waals surface area (Å²) < 4.78 is 10.4. The second kappa shape index (κ2) is 11.3. The summed E-state index contributed by atoms with van der Waals surface area (Å²) in [7, 11) is 0. The first kappa shape index (κ1) is 25.5. The highest BCUT2D eigenvalue weighted by atomic mass is 35.5. The highest BCUT2D eigenvalue weighted by molar-refractivity contribution is 6.30. The minimum atomic E-state index is -2.12. The van der Waals surface area contributed by atoms with Crippen LogP contribution in [0.1, 0.15) is 31.8 Å². The zero-order valence-electron chi connectivity index (χ0n) is 18.9. The number of carbonyl (C=O) groups excluding carboxylic acids is 3. The van der Waals surface area contributed by atoms with E-state index < -0.39 is 36.0 Å². The number of aliphatic carboxylic acids is 1. The second-order valence-electron chi connectivity index (χ2n) is 7.72. The lowest BCUT2D eigenvalue weighted by atomic mass is 10.1. The smallest absolute Gasteiger partial charge is 0.349 e. The van der Waals surface area contributed by atoms with Gasteiger partial charge in [0.15, 0.2) is 0 Å². The topological polar surface area (TPSA) is 119 Å². The van der Waals surface area contributed by atoms with Gasteiger partial charge < -0.3 is 19.9 Å². The van der Waals surface area contributed by atoms with E-state index in [0.717, 1.165) is 11.1 Å². The Morgan fingerprint density at radius 3 is 1.57 bits per heavy atom. The highest BCUT2D eigenvalue weighted by Gasteiger charge is 2.41. The molecule has 0 radical (unpaired) electrons. The van der Waals surface area contributed by atoms with E-state index in [1.54, 1.807) is 24.3 Å². The predicted molar refractivity (Wildman–Crippen MR) is 128 cm³/mol. The molecule has 3 rings (SSSR count). The van der Waals surface area contributed by atoms with Crippen LogP contribution in [0.3, 0.4) is 0 Å². The molecule has 0 aliphatic rings. The Labute approximate surface area is 206 Å². The molecule has 0 aliphatic heterocycles. The van der Waals surface area contributed by atoms with Gasteiger partial charge in [0.1, 0.15) is 0 Å². The van der Waals surface area contributed by atoms with Gasteiger partial charge in [-0.3, -0.25) is 4.79 Å². The Hall–Kier alpha value is -4.17. The number of carboxylic acids is 1. The SMILES string of the molecule is Cc1ccc(C(=O)O[C@@H](C(=O)O)[C@@H](OC(=O)c2ccc(C)cc2)C(=O)Nc2ccc(Cl)cc2)cc1. The molecular weight excluding hydrogens is 474 g/mol. The van der Waals surface area contributed by atoms with Gasteiger partial charge in [-0.05, 0) is 62.4 Å². The van der Waals surface area contributed by atoms with Crippen molar-refractivity contribution in [2.75, 3.05) is 5.32 Å². The summed E-state index contributed by atoms with van der Waals surface area (Å²) in [4.78, 5) is 50.5. The zero-order valence-corrected chi connectivity index (χ0v) is 19.6. The van der Waals surface area contributed by atoms with Crippen LogP contribution in [0.15, 0.2) is 72.8 Å². The molecule has 0 heterocycles. The second-order valence-corrected chi connectivity index (χ2v) is 8.15. The summed E-state index contributed by atoms with van der Waals surface area (Å²) in [6.45, 7) is 3.64. The van der Waals surface area contributed by atoms with Gasteiger partial charge in [0.25, 0.3) is 5.91 Å². The van der Waals surface area contributed by atoms with Gasteiger partial charge in [0, 0.05) is 10.7 Å². The Balaban J connectivity index is 1.90. The maximum absolute atomic E-state index is 13.1. The monoisotopic (exact) mass is 495 g/mol. The van der Waals surface area contributed by atoms with Crippen LogP contribution in [0.4, 0.5) is 5.69 Å². The number of nitrogens with one attached hydrogen (secondary N) is 1. The van der Waals surface area contributed by atoms with Crippen molar-refractivity contribution in [3.8, 4) is 0 Å². The number of hydrogen-bond acceptors (Lipinski definition) is 6. The van der Waals surface area contributed by atoms with Crippen molar-refractivity contribution < 1.29 is 33.8 Å². The summed E-state index contributed by atoms with van der Waals surface area (Å²) in [5.41, 5.74) is 2.19. The van der Waals surface area contributed by atoms with Gasteiger partial charge in [0.2, 0.25) is 12.2 Å². The van der Waals surface area contributed by atoms with Crippen LogP contribution in [0, 0.1) is 13.8 Å². The van der Waals surface area contributed by atoms with Gasteiger partial charge in [-0.25, -0.2) is 14.4 Å². The maximum Gasteiger partial charge on any atom is 0.349 e.